The van der Waals surface area contributed by atoms with E-state index in [4.69, 9.17) is 4.74 Å². The van der Waals surface area contributed by atoms with Gasteiger partial charge in [0.15, 0.2) is 0 Å². The van der Waals surface area contributed by atoms with E-state index in [0.717, 1.165) is 15.3 Å². The van der Waals surface area contributed by atoms with Crippen molar-refractivity contribution >= 4 is 11.9 Å². The molecule has 0 N–H and O–H groups in total. The van der Waals surface area contributed by atoms with Crippen LogP contribution in [0.2, 0.25) is 0 Å². The second-order valence-corrected chi connectivity index (χ2v) is 8.21. The molecule has 4 rings (SSSR count). The van der Waals surface area contributed by atoms with Crippen LogP contribution in [0.1, 0.15) is 35.8 Å². The van der Waals surface area contributed by atoms with Crippen molar-refractivity contribution < 1.29 is 18.7 Å². The molecule has 0 bridgehead atoms. The molecular weight excluding hydrogens is 455 g/mol. The lowest BCUT2D eigenvalue weighted by molar-refractivity contribution is -0.149. The van der Waals surface area contributed by atoms with Crippen LogP contribution in [0.4, 0.5) is 4.39 Å². The van der Waals surface area contributed by atoms with Crippen LogP contribution in [0.15, 0.2) is 64.2 Å². The van der Waals surface area contributed by atoms with E-state index in [1.54, 1.807) is 37.3 Å². The third-order valence-electron chi connectivity index (χ3n) is 5.86. The summed E-state index contributed by atoms with van der Waals surface area (Å²) in [4.78, 5) is 53.5. The number of carbonyl (C=O) groups excluding carboxylic acids is 2. The number of hydrogen-bond acceptors (Lipinski definition) is 6. The second kappa shape index (κ2) is 10.5. The number of halogens is 1. The number of carbonyl (C=O) groups is 2. The molecular formula is C25H25FN4O5. The van der Waals surface area contributed by atoms with E-state index in [-0.39, 0.29) is 25.4 Å². The van der Waals surface area contributed by atoms with Gasteiger partial charge in [0.25, 0.3) is 11.5 Å². The number of piperidine rings is 1. The van der Waals surface area contributed by atoms with Crippen LogP contribution in [0, 0.1) is 11.7 Å². The van der Waals surface area contributed by atoms with Gasteiger partial charge in [-0.1, -0.05) is 42.5 Å². The summed E-state index contributed by atoms with van der Waals surface area (Å²) in [7, 11) is 0. The van der Waals surface area contributed by atoms with Gasteiger partial charge in [-0.15, -0.1) is 0 Å². The number of amides is 1. The first-order chi connectivity index (χ1) is 16.9. The van der Waals surface area contributed by atoms with E-state index < -0.39 is 40.6 Å². The van der Waals surface area contributed by atoms with Gasteiger partial charge in [-0.25, -0.2) is 9.18 Å². The predicted octanol–water partition coefficient (Wildman–Crippen LogP) is 2.00. The molecule has 2 heterocycles. The Morgan fingerprint density at radius 3 is 2.51 bits per heavy atom. The lowest BCUT2D eigenvalue weighted by Crippen LogP contribution is -2.49. The highest BCUT2D eigenvalue weighted by Crippen LogP contribution is 2.19. The Morgan fingerprint density at radius 1 is 1.09 bits per heavy atom. The summed E-state index contributed by atoms with van der Waals surface area (Å²) < 4.78 is 21.3. The minimum atomic E-state index is -0.880. The van der Waals surface area contributed by atoms with Gasteiger partial charge < -0.3 is 9.64 Å². The molecule has 9 nitrogen and oxygen atoms in total. The zero-order valence-electron chi connectivity index (χ0n) is 19.2. The van der Waals surface area contributed by atoms with Crippen molar-refractivity contribution in [3.63, 3.8) is 0 Å². The molecule has 0 unspecified atom stereocenters. The standard InChI is InChI=1S/C25H25FN4O5/c1-2-35-24(33)18-11-8-14-28(16-18)22(31)21-23(32)29(15-17-9-4-3-5-10-17)25(34)30(27-21)20-13-7-6-12-19(20)26/h3-7,9-10,12-13,18H,2,8,11,14-16H2,1H3/t18-/m1/s1. The molecule has 0 aliphatic carbocycles. The van der Waals surface area contributed by atoms with Gasteiger partial charge in [0.2, 0.25) is 5.69 Å². The van der Waals surface area contributed by atoms with E-state index in [9.17, 15) is 23.6 Å². The van der Waals surface area contributed by atoms with Crippen LogP contribution >= 0.6 is 0 Å². The summed E-state index contributed by atoms with van der Waals surface area (Å²) in [6.45, 7) is 2.18. The minimum Gasteiger partial charge on any atom is -0.466 e. The summed E-state index contributed by atoms with van der Waals surface area (Å²) >= 11 is 0. The zero-order valence-corrected chi connectivity index (χ0v) is 19.2. The molecule has 1 atom stereocenters. The third-order valence-corrected chi connectivity index (χ3v) is 5.86. The van der Waals surface area contributed by atoms with Crippen LogP contribution in [0.25, 0.3) is 5.69 Å². The van der Waals surface area contributed by atoms with Crippen LogP contribution < -0.4 is 11.2 Å². The lowest BCUT2D eigenvalue weighted by Gasteiger charge is -2.31. The van der Waals surface area contributed by atoms with Crippen molar-refractivity contribution in [3.05, 3.63) is 92.5 Å². The van der Waals surface area contributed by atoms with Gasteiger partial charge in [-0.2, -0.15) is 9.78 Å². The fourth-order valence-electron chi connectivity index (χ4n) is 4.10. The Balaban J connectivity index is 1.79. The Bertz CT molecular complexity index is 1350. The Hall–Kier alpha value is -4.08. The zero-order chi connectivity index (χ0) is 24.9. The molecule has 2 aromatic carbocycles. The summed E-state index contributed by atoms with van der Waals surface area (Å²) in [5.74, 6) is -2.38. The molecule has 1 saturated heterocycles. The topological polar surface area (TPSA) is 104 Å². The normalized spacial score (nSPS) is 15.6. The summed E-state index contributed by atoms with van der Waals surface area (Å²) in [6, 6.07) is 14.2. The largest absolute Gasteiger partial charge is 0.466 e. The second-order valence-electron chi connectivity index (χ2n) is 8.21. The van der Waals surface area contributed by atoms with E-state index >= 15 is 0 Å². The van der Waals surface area contributed by atoms with E-state index in [2.05, 4.69) is 5.10 Å². The smallest absolute Gasteiger partial charge is 0.352 e. The molecule has 1 amide bonds. The number of rotatable bonds is 6. The number of aromatic nitrogens is 3. The number of likely N-dealkylation sites (tertiary alicyclic amines) is 1. The minimum absolute atomic E-state index is 0.0658. The fourth-order valence-corrected chi connectivity index (χ4v) is 4.10. The molecule has 0 spiro atoms. The first kappa shape index (κ1) is 24.1. The highest BCUT2D eigenvalue weighted by Gasteiger charge is 2.32. The molecule has 1 aliphatic heterocycles. The molecule has 1 aliphatic rings. The number of benzene rings is 2. The van der Waals surface area contributed by atoms with Crippen molar-refractivity contribution in [2.75, 3.05) is 19.7 Å². The van der Waals surface area contributed by atoms with Crippen molar-refractivity contribution in [2.45, 2.75) is 26.3 Å². The van der Waals surface area contributed by atoms with Crippen molar-refractivity contribution in [3.8, 4) is 5.69 Å². The van der Waals surface area contributed by atoms with Crippen molar-refractivity contribution in [1.82, 2.24) is 19.2 Å². The molecule has 0 saturated carbocycles. The maximum Gasteiger partial charge on any atom is 0.352 e. The maximum absolute atomic E-state index is 14.6. The molecule has 0 radical (unpaired) electrons. The number of esters is 1. The first-order valence-electron chi connectivity index (χ1n) is 11.4. The number of hydrogen-bond donors (Lipinski definition) is 0. The van der Waals surface area contributed by atoms with Crippen molar-refractivity contribution in [1.29, 1.82) is 0 Å². The lowest BCUT2D eigenvalue weighted by atomic mass is 9.98. The summed E-state index contributed by atoms with van der Waals surface area (Å²) in [5.41, 5.74) is -1.81. The average Bonchev–Trinajstić information content (AvgIpc) is 2.88. The highest BCUT2D eigenvalue weighted by atomic mass is 19.1. The van der Waals surface area contributed by atoms with Gasteiger partial charge >= 0.3 is 11.7 Å². The average molecular weight is 480 g/mol. The van der Waals surface area contributed by atoms with E-state index in [0.29, 0.717) is 24.9 Å². The SMILES string of the molecule is CCOC(=O)[C@@H]1CCCN(C(=O)c2nn(-c3ccccc3F)c(=O)n(Cc3ccccc3)c2=O)C1. The quantitative estimate of drug-likeness (QED) is 0.500. The van der Waals surface area contributed by atoms with Gasteiger partial charge in [0, 0.05) is 13.1 Å². The van der Waals surface area contributed by atoms with Crippen LogP contribution in [0.5, 0.6) is 0 Å². The van der Waals surface area contributed by atoms with E-state index in [1.165, 1.54) is 23.1 Å². The Morgan fingerprint density at radius 2 is 1.80 bits per heavy atom. The summed E-state index contributed by atoms with van der Waals surface area (Å²) in [5, 5.41) is 4.01. The van der Waals surface area contributed by atoms with Crippen molar-refractivity contribution in [2.24, 2.45) is 5.92 Å². The van der Waals surface area contributed by atoms with Crippen LogP contribution in [-0.2, 0) is 16.1 Å². The maximum atomic E-state index is 14.6. The first-order valence-corrected chi connectivity index (χ1v) is 11.4. The van der Waals surface area contributed by atoms with Crippen LogP contribution in [-0.4, -0.2) is 50.8 Å². The predicted molar refractivity (Wildman–Crippen MR) is 125 cm³/mol. The number of ether oxygens (including phenoxy) is 1. The molecule has 35 heavy (non-hydrogen) atoms. The molecule has 1 aromatic heterocycles. The van der Waals surface area contributed by atoms with Crippen LogP contribution in [0.3, 0.4) is 0 Å². The van der Waals surface area contributed by atoms with Gasteiger partial charge in [-0.05, 0) is 37.5 Å². The highest BCUT2D eigenvalue weighted by molar-refractivity contribution is 5.92. The number of nitrogens with zero attached hydrogens (tertiary/aromatic N) is 4. The number of para-hydroxylation sites is 1. The molecule has 182 valence electrons. The monoisotopic (exact) mass is 480 g/mol. The van der Waals surface area contributed by atoms with E-state index in [1.807, 2.05) is 0 Å². The molecule has 1 fully saturated rings. The Labute approximate surface area is 200 Å². The van der Waals surface area contributed by atoms with Gasteiger partial charge in [0.1, 0.15) is 11.5 Å². The van der Waals surface area contributed by atoms with Gasteiger partial charge in [0.05, 0.1) is 19.1 Å². The third kappa shape index (κ3) is 5.06. The summed E-state index contributed by atoms with van der Waals surface area (Å²) in [6.07, 6.45) is 1.10. The molecule has 3 aromatic rings. The fraction of sp³-hybridized carbons (Fsp3) is 0.320. The Kier molecular flexibility index (Phi) is 7.19. The van der Waals surface area contributed by atoms with Gasteiger partial charge in [-0.3, -0.25) is 19.0 Å². The molecule has 10 heteroatoms.